The molecule has 0 saturated heterocycles. The lowest BCUT2D eigenvalue weighted by Gasteiger charge is -2.05. The van der Waals surface area contributed by atoms with Crippen molar-refractivity contribution in [1.29, 1.82) is 0 Å². The van der Waals surface area contributed by atoms with Crippen molar-refractivity contribution in [3.05, 3.63) is 70.9 Å². The van der Waals surface area contributed by atoms with Gasteiger partial charge in [0.05, 0.1) is 5.52 Å². The van der Waals surface area contributed by atoms with E-state index in [1.165, 1.54) is 0 Å². The molecular formula is C16H11ClN2O. The Morgan fingerprint density at radius 1 is 1.05 bits per heavy atom. The van der Waals surface area contributed by atoms with E-state index in [0.29, 0.717) is 21.8 Å². The summed E-state index contributed by atoms with van der Waals surface area (Å²) in [4.78, 5) is 16.7. The molecule has 0 aliphatic rings. The zero-order valence-electron chi connectivity index (χ0n) is 10.5. The van der Waals surface area contributed by atoms with Crippen LogP contribution in [0.3, 0.4) is 0 Å². The van der Waals surface area contributed by atoms with Crippen molar-refractivity contribution in [3.8, 4) is 0 Å². The number of aromatic nitrogens is 1. The van der Waals surface area contributed by atoms with Crippen molar-refractivity contribution < 1.29 is 4.79 Å². The van der Waals surface area contributed by atoms with Gasteiger partial charge in [-0.2, -0.15) is 0 Å². The van der Waals surface area contributed by atoms with E-state index in [1.807, 2.05) is 24.3 Å². The number of carbonyl (C=O) groups is 1. The maximum atomic E-state index is 12.5. The molecule has 1 aromatic heterocycles. The summed E-state index contributed by atoms with van der Waals surface area (Å²) in [5, 5.41) is 1.38. The van der Waals surface area contributed by atoms with E-state index in [-0.39, 0.29) is 5.78 Å². The number of rotatable bonds is 2. The molecule has 0 fully saturated rings. The number of ketones is 1. The Bertz CT molecular complexity index is 794. The molecule has 0 aliphatic heterocycles. The Hall–Kier alpha value is -2.39. The van der Waals surface area contributed by atoms with Crippen LogP contribution in [0.2, 0.25) is 5.02 Å². The van der Waals surface area contributed by atoms with Gasteiger partial charge in [-0.05, 0) is 42.5 Å². The number of hydrogen-bond acceptors (Lipinski definition) is 3. The zero-order valence-corrected chi connectivity index (χ0v) is 11.3. The van der Waals surface area contributed by atoms with E-state index in [0.717, 1.165) is 10.9 Å². The first kappa shape index (κ1) is 12.6. The van der Waals surface area contributed by atoms with Crippen LogP contribution in [-0.2, 0) is 0 Å². The van der Waals surface area contributed by atoms with Crippen LogP contribution in [0.25, 0.3) is 10.9 Å². The Balaban J connectivity index is 2.07. The van der Waals surface area contributed by atoms with Crippen LogP contribution in [0, 0.1) is 0 Å². The first-order chi connectivity index (χ1) is 9.63. The van der Waals surface area contributed by atoms with Crippen molar-refractivity contribution in [2.24, 2.45) is 0 Å². The van der Waals surface area contributed by atoms with Gasteiger partial charge >= 0.3 is 0 Å². The van der Waals surface area contributed by atoms with E-state index in [4.69, 9.17) is 17.3 Å². The van der Waals surface area contributed by atoms with E-state index in [9.17, 15) is 4.79 Å². The molecule has 98 valence electrons. The first-order valence-electron chi connectivity index (χ1n) is 6.09. The molecule has 0 spiro atoms. The first-order valence-corrected chi connectivity index (χ1v) is 6.47. The molecule has 3 rings (SSSR count). The summed E-state index contributed by atoms with van der Waals surface area (Å²) >= 11 is 5.93. The average molecular weight is 283 g/mol. The summed E-state index contributed by atoms with van der Waals surface area (Å²) in [5.74, 6) is -0.107. The summed E-state index contributed by atoms with van der Waals surface area (Å²) in [6, 6.07) is 14.0. The molecule has 0 radical (unpaired) electrons. The molecule has 3 nitrogen and oxygen atoms in total. The summed E-state index contributed by atoms with van der Waals surface area (Å²) in [6.45, 7) is 0. The number of anilines is 1. The Morgan fingerprint density at radius 3 is 2.70 bits per heavy atom. The molecule has 20 heavy (non-hydrogen) atoms. The third-order valence-electron chi connectivity index (χ3n) is 3.05. The number of nitrogens with zero attached hydrogens (tertiary/aromatic N) is 1. The number of benzene rings is 2. The highest BCUT2D eigenvalue weighted by Gasteiger charge is 2.11. The van der Waals surface area contributed by atoms with Gasteiger partial charge in [0, 0.05) is 33.4 Å². The maximum Gasteiger partial charge on any atom is 0.193 e. The second-order valence-electron chi connectivity index (χ2n) is 4.51. The standard InChI is InChI=1S/C16H11ClN2O/c17-13-7-12(8-14(18)9-13)16(20)11-3-4-15-10(6-11)2-1-5-19-15/h1-9H,18H2. The van der Waals surface area contributed by atoms with E-state index in [1.54, 1.807) is 30.5 Å². The highest BCUT2D eigenvalue weighted by atomic mass is 35.5. The molecule has 0 amide bonds. The van der Waals surface area contributed by atoms with Crippen LogP contribution in [0.1, 0.15) is 15.9 Å². The minimum Gasteiger partial charge on any atom is -0.399 e. The van der Waals surface area contributed by atoms with Crippen LogP contribution in [0.5, 0.6) is 0 Å². The number of carbonyl (C=O) groups excluding carboxylic acids is 1. The zero-order chi connectivity index (χ0) is 14.1. The minimum atomic E-state index is -0.107. The van der Waals surface area contributed by atoms with Crippen molar-refractivity contribution >= 4 is 34.0 Å². The van der Waals surface area contributed by atoms with Gasteiger partial charge in [-0.1, -0.05) is 17.7 Å². The van der Waals surface area contributed by atoms with Crippen LogP contribution in [-0.4, -0.2) is 10.8 Å². The second kappa shape index (κ2) is 4.94. The number of fused-ring (bicyclic) bond motifs is 1. The Morgan fingerprint density at radius 2 is 1.90 bits per heavy atom. The van der Waals surface area contributed by atoms with E-state index >= 15 is 0 Å². The monoisotopic (exact) mass is 282 g/mol. The Labute approximate surface area is 121 Å². The molecule has 2 N–H and O–H groups in total. The van der Waals surface area contributed by atoms with Gasteiger partial charge in [-0.3, -0.25) is 9.78 Å². The lowest BCUT2D eigenvalue weighted by atomic mass is 10.0. The SMILES string of the molecule is Nc1cc(Cl)cc(C(=O)c2ccc3ncccc3c2)c1. The van der Waals surface area contributed by atoms with Gasteiger partial charge in [0.15, 0.2) is 5.78 Å². The molecule has 1 heterocycles. The predicted octanol–water partition coefficient (Wildman–Crippen LogP) is 3.70. The fourth-order valence-electron chi connectivity index (χ4n) is 2.13. The largest absolute Gasteiger partial charge is 0.399 e. The van der Waals surface area contributed by atoms with Crippen molar-refractivity contribution in [2.75, 3.05) is 5.73 Å². The molecule has 0 aliphatic carbocycles. The average Bonchev–Trinajstić information content (AvgIpc) is 2.45. The molecule has 3 aromatic rings. The number of pyridine rings is 1. The van der Waals surface area contributed by atoms with Crippen molar-refractivity contribution in [2.45, 2.75) is 0 Å². The molecule has 0 bridgehead atoms. The highest BCUT2D eigenvalue weighted by molar-refractivity contribution is 6.31. The van der Waals surface area contributed by atoms with Crippen molar-refractivity contribution in [1.82, 2.24) is 4.98 Å². The topological polar surface area (TPSA) is 56.0 Å². The van der Waals surface area contributed by atoms with Gasteiger partial charge in [-0.15, -0.1) is 0 Å². The van der Waals surface area contributed by atoms with Gasteiger partial charge in [0.2, 0.25) is 0 Å². The molecule has 0 unspecified atom stereocenters. The molecular weight excluding hydrogens is 272 g/mol. The second-order valence-corrected chi connectivity index (χ2v) is 4.95. The molecule has 4 heteroatoms. The summed E-state index contributed by atoms with van der Waals surface area (Å²) in [7, 11) is 0. The minimum absolute atomic E-state index is 0.107. The lowest BCUT2D eigenvalue weighted by molar-refractivity contribution is 0.103. The van der Waals surface area contributed by atoms with Crippen LogP contribution in [0.4, 0.5) is 5.69 Å². The van der Waals surface area contributed by atoms with Crippen LogP contribution >= 0.6 is 11.6 Å². The Kier molecular flexibility index (Phi) is 3.12. The van der Waals surface area contributed by atoms with Crippen LogP contribution in [0.15, 0.2) is 54.7 Å². The van der Waals surface area contributed by atoms with Crippen LogP contribution < -0.4 is 5.73 Å². The third-order valence-corrected chi connectivity index (χ3v) is 3.27. The van der Waals surface area contributed by atoms with Gasteiger partial charge in [0.1, 0.15) is 0 Å². The van der Waals surface area contributed by atoms with Gasteiger partial charge < -0.3 is 5.73 Å². The fraction of sp³-hybridized carbons (Fsp3) is 0. The number of nitrogens with two attached hydrogens (primary N) is 1. The number of hydrogen-bond donors (Lipinski definition) is 1. The van der Waals surface area contributed by atoms with E-state index in [2.05, 4.69) is 4.98 Å². The quantitative estimate of drug-likeness (QED) is 0.576. The molecule has 2 aromatic carbocycles. The predicted molar refractivity (Wildman–Crippen MR) is 81.0 cm³/mol. The normalized spacial score (nSPS) is 10.7. The summed E-state index contributed by atoms with van der Waals surface area (Å²) in [5.41, 5.74) is 8.13. The summed E-state index contributed by atoms with van der Waals surface area (Å²) in [6.07, 6.45) is 1.72. The fourth-order valence-corrected chi connectivity index (χ4v) is 2.37. The summed E-state index contributed by atoms with van der Waals surface area (Å²) < 4.78 is 0. The maximum absolute atomic E-state index is 12.5. The van der Waals surface area contributed by atoms with Gasteiger partial charge in [-0.25, -0.2) is 0 Å². The molecule has 0 atom stereocenters. The lowest BCUT2D eigenvalue weighted by Crippen LogP contribution is -2.02. The third kappa shape index (κ3) is 2.36. The van der Waals surface area contributed by atoms with Gasteiger partial charge in [0.25, 0.3) is 0 Å². The smallest absolute Gasteiger partial charge is 0.193 e. The number of halogens is 1. The highest BCUT2D eigenvalue weighted by Crippen LogP contribution is 2.21. The van der Waals surface area contributed by atoms with E-state index < -0.39 is 0 Å². The van der Waals surface area contributed by atoms with Crippen molar-refractivity contribution in [3.63, 3.8) is 0 Å². The molecule has 0 saturated carbocycles. The number of nitrogen functional groups attached to an aromatic ring is 1.